The summed E-state index contributed by atoms with van der Waals surface area (Å²) < 4.78 is 17.3. The number of imidazole rings is 1. The summed E-state index contributed by atoms with van der Waals surface area (Å²) in [6.45, 7) is 0. The molecule has 0 aliphatic rings. The van der Waals surface area contributed by atoms with E-state index in [1.165, 1.54) is 23.0 Å². The number of nitrogens with zero attached hydrogens (tertiary/aromatic N) is 3. The van der Waals surface area contributed by atoms with Crippen LogP contribution in [0.15, 0.2) is 85.3 Å². The molecule has 0 amide bonds. The molecule has 0 aliphatic heterocycles. The highest BCUT2D eigenvalue weighted by molar-refractivity contribution is 5.81. The molecule has 5 aromatic rings. The maximum atomic E-state index is 13.1. The minimum Gasteiger partial charge on any atom is -0.315 e. The lowest BCUT2D eigenvalue weighted by molar-refractivity contribution is 0.628. The summed E-state index contributed by atoms with van der Waals surface area (Å²) in [6.07, 6.45) is 6.10. The van der Waals surface area contributed by atoms with E-state index in [-0.39, 0.29) is 5.82 Å². The molecule has 3 heterocycles. The molecule has 0 spiro atoms. The molecule has 0 aliphatic carbocycles. The Labute approximate surface area is 143 Å². The first kappa shape index (κ1) is 14.0. The standard InChI is InChI=1S/C21H14FN3/c22-17-7-5-15(6-8-17)19-14-24-13-18(9-10-21(24)23-19)25-12-11-16-3-1-2-4-20(16)25/h1-14H. The molecule has 3 aromatic heterocycles. The van der Waals surface area contributed by atoms with Gasteiger partial charge in [-0.3, -0.25) is 0 Å². The Morgan fingerprint density at radius 3 is 2.52 bits per heavy atom. The van der Waals surface area contributed by atoms with Crippen molar-refractivity contribution < 1.29 is 4.39 Å². The monoisotopic (exact) mass is 327 g/mol. The largest absolute Gasteiger partial charge is 0.315 e. The molecule has 4 heteroatoms. The van der Waals surface area contributed by atoms with Gasteiger partial charge in [0.2, 0.25) is 0 Å². The van der Waals surface area contributed by atoms with Crippen LogP contribution in [0.5, 0.6) is 0 Å². The van der Waals surface area contributed by atoms with Crippen LogP contribution in [0.3, 0.4) is 0 Å². The van der Waals surface area contributed by atoms with Gasteiger partial charge in [-0.2, -0.15) is 0 Å². The lowest BCUT2D eigenvalue weighted by Crippen LogP contribution is -1.94. The van der Waals surface area contributed by atoms with Crippen LogP contribution in [0.1, 0.15) is 0 Å². The fourth-order valence-electron chi connectivity index (χ4n) is 3.19. The molecule has 3 nitrogen and oxygen atoms in total. The minimum atomic E-state index is -0.241. The summed E-state index contributed by atoms with van der Waals surface area (Å²) in [7, 11) is 0. The van der Waals surface area contributed by atoms with Gasteiger partial charge in [-0.25, -0.2) is 9.37 Å². The number of para-hydroxylation sites is 1. The van der Waals surface area contributed by atoms with Gasteiger partial charge in [-0.05, 0) is 53.9 Å². The molecule has 25 heavy (non-hydrogen) atoms. The molecule has 0 atom stereocenters. The Hall–Kier alpha value is -3.40. The van der Waals surface area contributed by atoms with E-state index >= 15 is 0 Å². The molecule has 0 saturated heterocycles. The predicted molar refractivity (Wildman–Crippen MR) is 97.4 cm³/mol. The summed E-state index contributed by atoms with van der Waals surface area (Å²) in [5, 5.41) is 1.21. The van der Waals surface area contributed by atoms with Crippen LogP contribution in [0.25, 0.3) is 33.5 Å². The third-order valence-corrected chi connectivity index (χ3v) is 4.45. The maximum absolute atomic E-state index is 13.1. The normalized spacial score (nSPS) is 11.4. The van der Waals surface area contributed by atoms with Crippen LogP contribution in [0, 0.1) is 5.82 Å². The highest BCUT2D eigenvalue weighted by atomic mass is 19.1. The molecule has 0 radical (unpaired) electrons. The number of rotatable bonds is 2. The van der Waals surface area contributed by atoms with E-state index in [0.717, 1.165) is 22.6 Å². The zero-order chi connectivity index (χ0) is 16.8. The van der Waals surface area contributed by atoms with Crippen molar-refractivity contribution in [2.24, 2.45) is 0 Å². The van der Waals surface area contributed by atoms with Crippen molar-refractivity contribution >= 4 is 16.6 Å². The van der Waals surface area contributed by atoms with Crippen molar-refractivity contribution in [3.8, 4) is 16.9 Å². The number of benzene rings is 2. The van der Waals surface area contributed by atoms with E-state index in [1.54, 1.807) is 12.1 Å². The van der Waals surface area contributed by atoms with Gasteiger partial charge in [-0.15, -0.1) is 0 Å². The second kappa shape index (κ2) is 5.31. The number of aromatic nitrogens is 3. The van der Waals surface area contributed by atoms with Crippen LogP contribution in [0.4, 0.5) is 4.39 Å². The Balaban J connectivity index is 1.63. The zero-order valence-electron chi connectivity index (χ0n) is 13.3. The van der Waals surface area contributed by atoms with Crippen molar-refractivity contribution in [3.05, 3.63) is 91.1 Å². The molecule has 0 bridgehead atoms. The molecule has 0 fully saturated rings. The van der Waals surface area contributed by atoms with E-state index in [0.29, 0.717) is 0 Å². The average Bonchev–Trinajstić information content (AvgIpc) is 3.25. The molecular weight excluding hydrogens is 313 g/mol. The lowest BCUT2D eigenvalue weighted by Gasteiger charge is -2.06. The first-order chi connectivity index (χ1) is 12.3. The van der Waals surface area contributed by atoms with Gasteiger partial charge in [-0.1, -0.05) is 18.2 Å². The smallest absolute Gasteiger partial charge is 0.137 e. The highest BCUT2D eigenvalue weighted by Gasteiger charge is 2.07. The van der Waals surface area contributed by atoms with Gasteiger partial charge >= 0.3 is 0 Å². The average molecular weight is 327 g/mol. The fourth-order valence-corrected chi connectivity index (χ4v) is 3.19. The summed E-state index contributed by atoms with van der Waals surface area (Å²) in [5.74, 6) is -0.241. The van der Waals surface area contributed by atoms with E-state index < -0.39 is 0 Å². The predicted octanol–water partition coefficient (Wildman–Crippen LogP) is 5.08. The molecule has 120 valence electrons. The number of hydrogen-bond donors (Lipinski definition) is 0. The van der Waals surface area contributed by atoms with Crippen molar-refractivity contribution in [3.63, 3.8) is 0 Å². The van der Waals surface area contributed by atoms with Crippen LogP contribution in [0.2, 0.25) is 0 Å². The molecule has 0 unspecified atom stereocenters. The molecule has 0 saturated carbocycles. The van der Waals surface area contributed by atoms with E-state index in [2.05, 4.69) is 46.2 Å². The molecule has 0 N–H and O–H groups in total. The molecule has 2 aromatic carbocycles. The second-order valence-corrected chi connectivity index (χ2v) is 6.03. The van der Waals surface area contributed by atoms with Gasteiger partial charge in [0.25, 0.3) is 0 Å². The van der Waals surface area contributed by atoms with Crippen LogP contribution in [-0.2, 0) is 0 Å². The highest BCUT2D eigenvalue weighted by Crippen LogP contribution is 2.23. The quantitative estimate of drug-likeness (QED) is 0.443. The Morgan fingerprint density at radius 1 is 0.800 bits per heavy atom. The van der Waals surface area contributed by atoms with Gasteiger partial charge in [0.15, 0.2) is 0 Å². The van der Waals surface area contributed by atoms with Crippen LogP contribution in [-0.4, -0.2) is 14.0 Å². The number of halogens is 1. The fraction of sp³-hybridized carbons (Fsp3) is 0. The van der Waals surface area contributed by atoms with Crippen LogP contribution >= 0.6 is 0 Å². The third-order valence-electron chi connectivity index (χ3n) is 4.45. The summed E-state index contributed by atoms with van der Waals surface area (Å²) >= 11 is 0. The van der Waals surface area contributed by atoms with Crippen molar-refractivity contribution in [2.45, 2.75) is 0 Å². The molecule has 5 rings (SSSR count). The van der Waals surface area contributed by atoms with Crippen molar-refractivity contribution in [2.75, 3.05) is 0 Å². The Bertz CT molecular complexity index is 1200. The van der Waals surface area contributed by atoms with Gasteiger partial charge < -0.3 is 8.97 Å². The van der Waals surface area contributed by atoms with E-state index in [1.807, 2.05) is 28.8 Å². The SMILES string of the molecule is Fc1ccc(-c2cn3cc(-n4ccc5ccccc54)ccc3n2)cc1. The number of fused-ring (bicyclic) bond motifs is 2. The zero-order valence-corrected chi connectivity index (χ0v) is 13.3. The summed E-state index contributed by atoms with van der Waals surface area (Å²) in [4.78, 5) is 4.63. The van der Waals surface area contributed by atoms with Gasteiger partial charge in [0, 0.05) is 24.2 Å². The van der Waals surface area contributed by atoms with Gasteiger partial charge in [0.1, 0.15) is 11.5 Å². The first-order valence-electron chi connectivity index (χ1n) is 8.09. The number of hydrogen-bond acceptors (Lipinski definition) is 1. The van der Waals surface area contributed by atoms with E-state index in [9.17, 15) is 4.39 Å². The summed E-state index contributed by atoms with van der Waals surface area (Å²) in [6, 6.07) is 20.9. The minimum absolute atomic E-state index is 0.241. The van der Waals surface area contributed by atoms with Crippen LogP contribution < -0.4 is 0 Å². The first-order valence-corrected chi connectivity index (χ1v) is 8.09. The molecular formula is C21H14FN3. The third kappa shape index (κ3) is 2.31. The van der Waals surface area contributed by atoms with Crippen molar-refractivity contribution in [1.82, 2.24) is 14.0 Å². The Morgan fingerprint density at radius 2 is 1.64 bits per heavy atom. The Kier molecular flexibility index (Phi) is 2.97. The second-order valence-electron chi connectivity index (χ2n) is 6.03. The summed E-state index contributed by atoms with van der Waals surface area (Å²) in [5.41, 5.74) is 4.82. The topological polar surface area (TPSA) is 22.2 Å². The lowest BCUT2D eigenvalue weighted by atomic mass is 10.2. The van der Waals surface area contributed by atoms with E-state index in [4.69, 9.17) is 0 Å². The van der Waals surface area contributed by atoms with Gasteiger partial charge in [0.05, 0.1) is 16.9 Å². The van der Waals surface area contributed by atoms with Crippen molar-refractivity contribution in [1.29, 1.82) is 0 Å². The number of pyridine rings is 1. The maximum Gasteiger partial charge on any atom is 0.137 e.